The van der Waals surface area contributed by atoms with E-state index in [1.807, 2.05) is 18.2 Å². The maximum absolute atomic E-state index is 12.8. The summed E-state index contributed by atoms with van der Waals surface area (Å²) in [5, 5.41) is 0. The standard InChI is InChI=1S/C18H26BrNO3/c1-4-5-6-7-11-20(13-14(2)18(22)23-3)17(21)15-9-8-10-16(19)12-15/h8-10,12,14H,4-7,11,13H2,1-3H3. The minimum absolute atomic E-state index is 0.0430. The van der Waals surface area contributed by atoms with Crippen LogP contribution in [0.2, 0.25) is 0 Å². The van der Waals surface area contributed by atoms with Gasteiger partial charge in [-0.05, 0) is 24.6 Å². The van der Waals surface area contributed by atoms with Crippen LogP contribution < -0.4 is 0 Å². The minimum Gasteiger partial charge on any atom is -0.469 e. The zero-order valence-corrected chi connectivity index (χ0v) is 15.8. The fraction of sp³-hybridized carbons (Fsp3) is 0.556. The van der Waals surface area contributed by atoms with Crippen LogP contribution in [-0.4, -0.2) is 37.0 Å². The van der Waals surface area contributed by atoms with Crippen molar-refractivity contribution in [1.29, 1.82) is 0 Å². The third-order valence-corrected chi connectivity index (χ3v) is 4.23. The van der Waals surface area contributed by atoms with Crippen molar-refractivity contribution in [1.82, 2.24) is 4.90 Å². The minimum atomic E-state index is -0.331. The topological polar surface area (TPSA) is 46.6 Å². The van der Waals surface area contributed by atoms with E-state index in [1.165, 1.54) is 7.11 Å². The Morgan fingerprint density at radius 2 is 2.00 bits per heavy atom. The molecule has 1 atom stereocenters. The maximum atomic E-state index is 12.8. The molecule has 0 N–H and O–H groups in total. The van der Waals surface area contributed by atoms with Crippen molar-refractivity contribution in [3.8, 4) is 0 Å². The molecule has 5 heteroatoms. The number of hydrogen-bond donors (Lipinski definition) is 0. The van der Waals surface area contributed by atoms with E-state index in [2.05, 4.69) is 22.9 Å². The number of methoxy groups -OCH3 is 1. The molecule has 0 saturated carbocycles. The van der Waals surface area contributed by atoms with E-state index in [0.29, 0.717) is 18.7 Å². The van der Waals surface area contributed by atoms with E-state index < -0.39 is 0 Å². The number of benzene rings is 1. The van der Waals surface area contributed by atoms with Gasteiger partial charge < -0.3 is 9.64 Å². The summed E-state index contributed by atoms with van der Waals surface area (Å²) in [7, 11) is 1.38. The van der Waals surface area contributed by atoms with Crippen LogP contribution in [0.1, 0.15) is 49.9 Å². The molecule has 0 radical (unpaired) electrons. The second-order valence-corrected chi connectivity index (χ2v) is 6.66. The molecule has 0 aromatic heterocycles. The molecule has 0 aliphatic carbocycles. The van der Waals surface area contributed by atoms with Crippen LogP contribution in [0.15, 0.2) is 28.7 Å². The fourth-order valence-electron chi connectivity index (χ4n) is 2.42. The molecular weight excluding hydrogens is 358 g/mol. The summed E-state index contributed by atoms with van der Waals surface area (Å²) in [4.78, 5) is 26.2. The van der Waals surface area contributed by atoms with E-state index in [1.54, 1.807) is 17.9 Å². The Labute approximate surface area is 147 Å². The SMILES string of the molecule is CCCCCCN(CC(C)C(=O)OC)C(=O)c1cccc(Br)c1. The first kappa shape index (κ1) is 19.7. The predicted octanol–water partition coefficient (Wildman–Crippen LogP) is 4.28. The number of carbonyl (C=O) groups is 2. The zero-order valence-electron chi connectivity index (χ0n) is 14.2. The van der Waals surface area contributed by atoms with Gasteiger partial charge in [0.05, 0.1) is 13.0 Å². The Hall–Kier alpha value is -1.36. The molecule has 128 valence electrons. The van der Waals surface area contributed by atoms with E-state index in [9.17, 15) is 9.59 Å². The molecule has 0 spiro atoms. The number of esters is 1. The van der Waals surface area contributed by atoms with Crippen LogP contribution in [-0.2, 0) is 9.53 Å². The predicted molar refractivity (Wildman–Crippen MR) is 95.4 cm³/mol. The number of nitrogens with zero attached hydrogens (tertiary/aromatic N) is 1. The van der Waals surface area contributed by atoms with Gasteiger partial charge in [-0.2, -0.15) is 0 Å². The van der Waals surface area contributed by atoms with Gasteiger partial charge in [-0.3, -0.25) is 9.59 Å². The van der Waals surface area contributed by atoms with Crippen LogP contribution in [0.3, 0.4) is 0 Å². The third-order valence-electron chi connectivity index (χ3n) is 3.74. The Morgan fingerprint density at radius 1 is 1.26 bits per heavy atom. The highest BCUT2D eigenvalue weighted by atomic mass is 79.9. The highest BCUT2D eigenvalue weighted by Crippen LogP contribution is 2.15. The normalized spacial score (nSPS) is 11.8. The molecular formula is C18H26BrNO3. The van der Waals surface area contributed by atoms with E-state index >= 15 is 0 Å². The molecule has 1 rings (SSSR count). The van der Waals surface area contributed by atoms with Crippen LogP contribution >= 0.6 is 15.9 Å². The summed E-state index contributed by atoms with van der Waals surface area (Å²) in [5.41, 5.74) is 0.631. The number of halogens is 1. The smallest absolute Gasteiger partial charge is 0.310 e. The summed E-state index contributed by atoms with van der Waals surface area (Å²) in [6.45, 7) is 4.99. The molecule has 23 heavy (non-hydrogen) atoms. The lowest BCUT2D eigenvalue weighted by Crippen LogP contribution is -2.38. The molecule has 0 aliphatic rings. The molecule has 1 amide bonds. The second-order valence-electron chi connectivity index (χ2n) is 5.75. The first-order valence-electron chi connectivity index (χ1n) is 8.12. The van der Waals surface area contributed by atoms with E-state index in [0.717, 1.165) is 30.2 Å². The van der Waals surface area contributed by atoms with Gasteiger partial charge in [0.1, 0.15) is 0 Å². The number of amides is 1. The summed E-state index contributed by atoms with van der Waals surface area (Å²) in [5.74, 6) is -0.661. The van der Waals surface area contributed by atoms with Crippen molar-refractivity contribution in [3.05, 3.63) is 34.3 Å². The molecule has 4 nitrogen and oxygen atoms in total. The van der Waals surface area contributed by atoms with Gasteiger partial charge in [0.25, 0.3) is 5.91 Å². The monoisotopic (exact) mass is 383 g/mol. The van der Waals surface area contributed by atoms with Crippen LogP contribution in [0.4, 0.5) is 0 Å². The Balaban J connectivity index is 2.80. The summed E-state index contributed by atoms with van der Waals surface area (Å²) < 4.78 is 5.65. The molecule has 0 heterocycles. The molecule has 0 saturated heterocycles. The average Bonchev–Trinajstić information content (AvgIpc) is 2.56. The van der Waals surface area contributed by atoms with Gasteiger partial charge in [0.2, 0.25) is 0 Å². The lowest BCUT2D eigenvalue weighted by molar-refractivity contribution is -0.145. The molecule has 0 aliphatic heterocycles. The maximum Gasteiger partial charge on any atom is 0.310 e. The highest BCUT2D eigenvalue weighted by Gasteiger charge is 2.22. The largest absolute Gasteiger partial charge is 0.469 e. The first-order chi connectivity index (χ1) is 11.0. The van der Waals surface area contributed by atoms with Crippen LogP contribution in [0, 0.1) is 5.92 Å². The van der Waals surface area contributed by atoms with Gasteiger partial charge in [-0.1, -0.05) is 55.1 Å². The van der Waals surface area contributed by atoms with Crippen molar-refractivity contribution in [2.75, 3.05) is 20.2 Å². The van der Waals surface area contributed by atoms with Gasteiger partial charge in [-0.25, -0.2) is 0 Å². The number of unbranched alkanes of at least 4 members (excludes halogenated alkanes) is 3. The van der Waals surface area contributed by atoms with Crippen molar-refractivity contribution in [3.63, 3.8) is 0 Å². The lowest BCUT2D eigenvalue weighted by atomic mass is 10.1. The Morgan fingerprint density at radius 3 is 2.61 bits per heavy atom. The summed E-state index contributed by atoms with van der Waals surface area (Å²) in [6, 6.07) is 7.34. The first-order valence-corrected chi connectivity index (χ1v) is 8.91. The average molecular weight is 384 g/mol. The van der Waals surface area contributed by atoms with Gasteiger partial charge in [0.15, 0.2) is 0 Å². The number of ether oxygens (including phenoxy) is 1. The van der Waals surface area contributed by atoms with E-state index in [4.69, 9.17) is 4.74 Å². The van der Waals surface area contributed by atoms with Crippen molar-refractivity contribution in [2.24, 2.45) is 5.92 Å². The van der Waals surface area contributed by atoms with Gasteiger partial charge in [0, 0.05) is 23.1 Å². The zero-order chi connectivity index (χ0) is 17.2. The summed E-state index contributed by atoms with van der Waals surface area (Å²) >= 11 is 3.39. The summed E-state index contributed by atoms with van der Waals surface area (Å²) in [6.07, 6.45) is 4.34. The number of rotatable bonds is 9. The number of hydrogen-bond acceptors (Lipinski definition) is 3. The molecule has 0 bridgehead atoms. The second kappa shape index (κ2) is 10.4. The molecule has 1 unspecified atom stereocenters. The van der Waals surface area contributed by atoms with Crippen LogP contribution in [0.5, 0.6) is 0 Å². The Bertz CT molecular complexity index is 519. The highest BCUT2D eigenvalue weighted by molar-refractivity contribution is 9.10. The van der Waals surface area contributed by atoms with E-state index in [-0.39, 0.29) is 17.8 Å². The van der Waals surface area contributed by atoms with Crippen molar-refractivity contribution in [2.45, 2.75) is 39.5 Å². The van der Waals surface area contributed by atoms with Crippen molar-refractivity contribution < 1.29 is 14.3 Å². The van der Waals surface area contributed by atoms with Gasteiger partial charge >= 0.3 is 5.97 Å². The quantitative estimate of drug-likeness (QED) is 0.472. The van der Waals surface area contributed by atoms with Gasteiger partial charge in [-0.15, -0.1) is 0 Å². The number of carbonyl (C=O) groups excluding carboxylic acids is 2. The molecule has 0 fully saturated rings. The van der Waals surface area contributed by atoms with Crippen molar-refractivity contribution >= 4 is 27.8 Å². The molecule has 1 aromatic rings. The Kier molecular flexibility index (Phi) is 8.92. The molecule has 1 aromatic carbocycles. The third kappa shape index (κ3) is 6.73. The van der Waals surface area contributed by atoms with Crippen LogP contribution in [0.25, 0.3) is 0 Å². The lowest BCUT2D eigenvalue weighted by Gasteiger charge is -2.25. The fourth-order valence-corrected chi connectivity index (χ4v) is 2.81.